The highest BCUT2D eigenvalue weighted by atomic mass is 16.7. The van der Waals surface area contributed by atoms with Crippen molar-refractivity contribution in [2.45, 2.75) is 44.9 Å². The third-order valence-electron chi connectivity index (χ3n) is 5.30. The number of para-hydroxylation sites is 1. The van der Waals surface area contributed by atoms with E-state index in [2.05, 4.69) is 6.92 Å². The van der Waals surface area contributed by atoms with Crippen LogP contribution in [-0.2, 0) is 26.6 Å². The van der Waals surface area contributed by atoms with Crippen LogP contribution in [0.25, 0.3) is 0 Å². The van der Waals surface area contributed by atoms with Crippen molar-refractivity contribution >= 4 is 11.6 Å². The molecule has 2 aromatic carbocycles. The minimum atomic E-state index is -1.27. The molecule has 5 nitrogen and oxygen atoms in total. The van der Waals surface area contributed by atoms with E-state index in [0.717, 1.165) is 35.6 Å². The summed E-state index contributed by atoms with van der Waals surface area (Å²) in [6.45, 7) is 4.28. The lowest BCUT2D eigenvalue weighted by Crippen LogP contribution is -2.40. The van der Waals surface area contributed by atoms with Gasteiger partial charge in [-0.1, -0.05) is 56.5 Å². The van der Waals surface area contributed by atoms with E-state index >= 15 is 0 Å². The van der Waals surface area contributed by atoms with Crippen molar-refractivity contribution in [3.63, 3.8) is 0 Å². The maximum atomic E-state index is 13.1. The van der Waals surface area contributed by atoms with Crippen molar-refractivity contribution in [2.24, 2.45) is 0 Å². The van der Waals surface area contributed by atoms with Crippen LogP contribution in [0.3, 0.4) is 0 Å². The smallest absolute Gasteiger partial charge is 0.292 e. The van der Waals surface area contributed by atoms with Gasteiger partial charge in [0.15, 0.2) is 0 Å². The Morgan fingerprint density at radius 3 is 2.50 bits per heavy atom. The maximum Gasteiger partial charge on any atom is 0.292 e. The molecular weight excluding hydrogens is 354 g/mol. The lowest BCUT2D eigenvalue weighted by atomic mass is 10.1. The summed E-state index contributed by atoms with van der Waals surface area (Å²) in [5.41, 5.74) is 2.69. The van der Waals surface area contributed by atoms with Crippen molar-refractivity contribution in [3.05, 3.63) is 59.7 Å². The first-order valence-electron chi connectivity index (χ1n) is 10.2. The van der Waals surface area contributed by atoms with Crippen molar-refractivity contribution in [1.82, 2.24) is 0 Å². The molecule has 1 amide bonds. The van der Waals surface area contributed by atoms with Crippen LogP contribution >= 0.6 is 0 Å². The number of rotatable bonds is 8. The molecule has 0 N–H and O–H groups in total. The summed E-state index contributed by atoms with van der Waals surface area (Å²) in [6.07, 6.45) is 4.76. The monoisotopic (exact) mass is 381 g/mol. The molecule has 1 fully saturated rings. The van der Waals surface area contributed by atoms with E-state index in [1.807, 2.05) is 48.5 Å². The molecule has 28 heavy (non-hydrogen) atoms. The van der Waals surface area contributed by atoms with Gasteiger partial charge in [0.1, 0.15) is 5.75 Å². The Morgan fingerprint density at radius 1 is 1.00 bits per heavy atom. The number of benzene rings is 2. The predicted octanol–water partition coefficient (Wildman–Crippen LogP) is 4.39. The van der Waals surface area contributed by atoms with Gasteiger partial charge in [-0.2, -0.15) is 0 Å². The zero-order valence-corrected chi connectivity index (χ0v) is 16.4. The van der Waals surface area contributed by atoms with Gasteiger partial charge < -0.3 is 19.1 Å². The van der Waals surface area contributed by atoms with Gasteiger partial charge in [0.05, 0.1) is 32.1 Å². The third kappa shape index (κ3) is 3.52. The molecule has 0 radical (unpaired) electrons. The summed E-state index contributed by atoms with van der Waals surface area (Å²) >= 11 is 0. The topological polar surface area (TPSA) is 48.0 Å². The summed E-state index contributed by atoms with van der Waals surface area (Å²) < 4.78 is 17.3. The Balaban J connectivity index is 1.44. The minimum Gasteiger partial charge on any atom is -0.494 e. The lowest BCUT2D eigenvalue weighted by Gasteiger charge is -2.22. The van der Waals surface area contributed by atoms with Gasteiger partial charge in [0, 0.05) is 5.56 Å². The van der Waals surface area contributed by atoms with Crippen LogP contribution in [-0.4, -0.2) is 25.7 Å². The molecule has 2 aliphatic rings. The van der Waals surface area contributed by atoms with Crippen LogP contribution in [0.2, 0.25) is 0 Å². The van der Waals surface area contributed by atoms with Crippen LogP contribution in [0.4, 0.5) is 5.69 Å². The summed E-state index contributed by atoms with van der Waals surface area (Å²) in [5.74, 6) is -0.548. The van der Waals surface area contributed by atoms with E-state index in [4.69, 9.17) is 14.2 Å². The number of anilines is 1. The molecule has 2 heterocycles. The molecule has 0 bridgehead atoms. The second kappa shape index (κ2) is 8.33. The van der Waals surface area contributed by atoms with Crippen LogP contribution in [0, 0.1) is 0 Å². The molecule has 1 saturated heterocycles. The number of carbonyl (C=O) groups is 1. The fourth-order valence-electron chi connectivity index (χ4n) is 3.83. The summed E-state index contributed by atoms with van der Waals surface area (Å²) in [6, 6.07) is 15.7. The SMILES string of the molecule is CCCCCCOc1ccc(CN2C(=O)C3(OCCO3)c3ccccc32)cc1. The van der Waals surface area contributed by atoms with Gasteiger partial charge in [-0.05, 0) is 30.2 Å². The molecule has 0 unspecified atom stereocenters. The molecule has 0 saturated carbocycles. The van der Waals surface area contributed by atoms with Crippen LogP contribution in [0.15, 0.2) is 48.5 Å². The lowest BCUT2D eigenvalue weighted by molar-refractivity contribution is -0.180. The Labute approximate surface area is 166 Å². The molecule has 1 spiro atoms. The average Bonchev–Trinajstić information content (AvgIpc) is 3.31. The molecular formula is C23H27NO4. The van der Waals surface area contributed by atoms with E-state index in [1.165, 1.54) is 19.3 Å². The van der Waals surface area contributed by atoms with Gasteiger partial charge >= 0.3 is 0 Å². The Bertz CT molecular complexity index is 812. The fraction of sp³-hybridized carbons (Fsp3) is 0.435. The second-order valence-electron chi connectivity index (χ2n) is 7.28. The molecule has 2 aliphatic heterocycles. The molecule has 148 valence electrons. The normalized spacial score (nSPS) is 17.3. The Kier molecular flexibility index (Phi) is 5.64. The highest BCUT2D eigenvalue weighted by Crippen LogP contribution is 2.46. The van der Waals surface area contributed by atoms with Gasteiger partial charge in [-0.25, -0.2) is 0 Å². The van der Waals surface area contributed by atoms with Crippen molar-refractivity contribution in [2.75, 3.05) is 24.7 Å². The van der Waals surface area contributed by atoms with E-state index in [1.54, 1.807) is 4.90 Å². The number of fused-ring (bicyclic) bond motifs is 2. The molecule has 0 aliphatic carbocycles. The highest BCUT2D eigenvalue weighted by molar-refractivity contribution is 6.06. The zero-order chi connectivity index (χ0) is 19.4. The standard InChI is InChI=1S/C23H27NO4/c1-2-3-4-7-14-26-19-12-10-18(11-13-19)17-24-21-9-6-5-8-20(21)23(22(24)25)27-15-16-28-23/h5-6,8-13H,2-4,7,14-17H2,1H3. The fourth-order valence-corrected chi connectivity index (χ4v) is 3.83. The quantitative estimate of drug-likeness (QED) is 0.636. The number of hydrogen-bond acceptors (Lipinski definition) is 4. The Hall–Kier alpha value is -2.37. The van der Waals surface area contributed by atoms with Crippen molar-refractivity contribution < 1.29 is 19.0 Å². The van der Waals surface area contributed by atoms with E-state index in [0.29, 0.717) is 19.8 Å². The van der Waals surface area contributed by atoms with Crippen LogP contribution in [0.1, 0.15) is 43.7 Å². The third-order valence-corrected chi connectivity index (χ3v) is 5.30. The summed E-state index contributed by atoms with van der Waals surface area (Å²) in [4.78, 5) is 14.9. The van der Waals surface area contributed by atoms with Crippen molar-refractivity contribution in [1.29, 1.82) is 0 Å². The summed E-state index contributed by atoms with van der Waals surface area (Å²) in [7, 11) is 0. The molecule has 2 aromatic rings. The predicted molar refractivity (Wildman–Crippen MR) is 107 cm³/mol. The maximum absolute atomic E-state index is 13.1. The second-order valence-corrected chi connectivity index (χ2v) is 7.28. The zero-order valence-electron chi connectivity index (χ0n) is 16.4. The first-order chi connectivity index (χ1) is 13.7. The molecule has 4 rings (SSSR count). The number of nitrogens with zero attached hydrogens (tertiary/aromatic N) is 1. The van der Waals surface area contributed by atoms with Crippen LogP contribution < -0.4 is 9.64 Å². The average molecular weight is 381 g/mol. The van der Waals surface area contributed by atoms with Gasteiger partial charge in [0.25, 0.3) is 11.7 Å². The molecule has 0 atom stereocenters. The van der Waals surface area contributed by atoms with Crippen molar-refractivity contribution in [3.8, 4) is 5.75 Å². The highest BCUT2D eigenvalue weighted by Gasteiger charge is 2.55. The molecule has 0 aromatic heterocycles. The van der Waals surface area contributed by atoms with E-state index in [-0.39, 0.29) is 5.91 Å². The van der Waals surface area contributed by atoms with Gasteiger partial charge in [0.2, 0.25) is 0 Å². The first-order valence-corrected chi connectivity index (χ1v) is 10.2. The molecule has 5 heteroatoms. The largest absolute Gasteiger partial charge is 0.494 e. The van der Waals surface area contributed by atoms with E-state index < -0.39 is 5.79 Å². The number of ether oxygens (including phenoxy) is 3. The van der Waals surface area contributed by atoms with Crippen LogP contribution in [0.5, 0.6) is 5.75 Å². The first kappa shape index (κ1) is 19.0. The van der Waals surface area contributed by atoms with E-state index in [9.17, 15) is 4.79 Å². The number of unbranched alkanes of at least 4 members (excludes halogenated alkanes) is 3. The summed E-state index contributed by atoms with van der Waals surface area (Å²) in [5, 5.41) is 0. The number of hydrogen-bond donors (Lipinski definition) is 0. The number of amides is 1. The van der Waals surface area contributed by atoms with Gasteiger partial charge in [-0.3, -0.25) is 4.79 Å². The number of carbonyl (C=O) groups excluding carboxylic acids is 1. The van der Waals surface area contributed by atoms with Gasteiger partial charge in [-0.15, -0.1) is 0 Å². The Morgan fingerprint density at radius 2 is 1.75 bits per heavy atom. The minimum absolute atomic E-state index is 0.151.